The molecular formula is C28H27F3N6O. The highest BCUT2D eigenvalue weighted by Gasteiger charge is 2.50. The molecule has 6 rings (SSSR count). The van der Waals surface area contributed by atoms with Crippen LogP contribution in [0.25, 0.3) is 22.8 Å². The number of pyridine rings is 1. The van der Waals surface area contributed by atoms with E-state index in [0.717, 1.165) is 41.7 Å². The molecule has 3 aromatic heterocycles. The number of hydrogen-bond acceptors (Lipinski definition) is 6. The summed E-state index contributed by atoms with van der Waals surface area (Å²) in [5.41, 5.74) is 2.35. The first-order chi connectivity index (χ1) is 18.1. The summed E-state index contributed by atoms with van der Waals surface area (Å²) in [4.78, 5) is 20.1. The molecule has 0 unspecified atom stereocenters. The van der Waals surface area contributed by atoms with E-state index in [4.69, 9.17) is 9.72 Å². The normalized spacial score (nSPS) is 16.0. The van der Waals surface area contributed by atoms with Gasteiger partial charge in [-0.15, -0.1) is 0 Å². The maximum Gasteiger partial charge on any atom is 0.434 e. The van der Waals surface area contributed by atoms with Gasteiger partial charge in [0.25, 0.3) is 0 Å². The Morgan fingerprint density at radius 2 is 1.82 bits per heavy atom. The summed E-state index contributed by atoms with van der Waals surface area (Å²) in [5, 5.41) is 0. The summed E-state index contributed by atoms with van der Waals surface area (Å²) in [5.74, 6) is 2.49. The van der Waals surface area contributed by atoms with Crippen molar-refractivity contribution >= 4 is 5.82 Å². The average molecular weight is 521 g/mol. The number of ether oxygens (including phenoxy) is 1. The molecule has 0 saturated heterocycles. The van der Waals surface area contributed by atoms with E-state index in [9.17, 15) is 13.2 Å². The molecule has 0 N–H and O–H groups in total. The average Bonchev–Trinajstić information content (AvgIpc) is 3.50. The van der Waals surface area contributed by atoms with Crippen molar-refractivity contribution in [1.82, 2.24) is 24.5 Å². The lowest BCUT2D eigenvalue weighted by Gasteiger charge is -2.35. The minimum atomic E-state index is -4.48. The summed E-state index contributed by atoms with van der Waals surface area (Å²) in [6.45, 7) is 5.47. The molecule has 1 aliphatic heterocycles. The fourth-order valence-electron chi connectivity index (χ4n) is 4.93. The molecule has 4 heterocycles. The standard InChI is InChI=1S/C28H27F3N6O/c1-17(2)23-20(5-4-12-32-23)24-33-13-21-26(35-24)37(16-27(38-21)10-11-27)14-18-6-8-19(9-7-18)25-34-22(15-36(25)3)28(29,30)31/h4-9,12-13,15,17H,10-11,14,16H2,1-3H3. The van der Waals surface area contributed by atoms with E-state index in [0.29, 0.717) is 30.2 Å². The lowest BCUT2D eigenvalue weighted by atomic mass is 10.0. The van der Waals surface area contributed by atoms with Crippen LogP contribution in [-0.2, 0) is 19.8 Å². The Labute approximate surface area is 218 Å². The first-order valence-electron chi connectivity index (χ1n) is 12.6. The molecule has 0 amide bonds. The van der Waals surface area contributed by atoms with E-state index in [1.54, 1.807) is 19.4 Å². The number of rotatable bonds is 5. The second-order valence-electron chi connectivity index (χ2n) is 10.4. The predicted octanol–water partition coefficient (Wildman–Crippen LogP) is 6.01. The topological polar surface area (TPSA) is 69.0 Å². The molecule has 7 nitrogen and oxygen atoms in total. The van der Waals surface area contributed by atoms with Crippen LogP contribution in [0.2, 0.25) is 0 Å². The minimum absolute atomic E-state index is 0.212. The van der Waals surface area contributed by atoms with E-state index in [-0.39, 0.29) is 17.3 Å². The second kappa shape index (κ2) is 8.82. The molecule has 0 radical (unpaired) electrons. The van der Waals surface area contributed by atoms with Crippen molar-refractivity contribution in [3.63, 3.8) is 0 Å². The molecule has 0 atom stereocenters. The molecule has 1 fully saturated rings. The van der Waals surface area contributed by atoms with Crippen LogP contribution in [-0.4, -0.2) is 36.6 Å². The maximum atomic E-state index is 13.1. The Morgan fingerprint density at radius 3 is 2.47 bits per heavy atom. The van der Waals surface area contributed by atoms with E-state index in [2.05, 4.69) is 33.7 Å². The third-order valence-electron chi connectivity index (χ3n) is 7.03. The lowest BCUT2D eigenvalue weighted by Crippen LogP contribution is -2.42. The number of aryl methyl sites for hydroxylation is 1. The largest absolute Gasteiger partial charge is 0.480 e. The van der Waals surface area contributed by atoms with Crippen LogP contribution in [0.15, 0.2) is 55.0 Å². The Morgan fingerprint density at radius 1 is 1.05 bits per heavy atom. The van der Waals surface area contributed by atoms with Crippen LogP contribution in [0.5, 0.6) is 5.75 Å². The minimum Gasteiger partial charge on any atom is -0.480 e. The Hall–Kier alpha value is -3.95. The molecule has 38 heavy (non-hydrogen) atoms. The molecular weight excluding hydrogens is 493 g/mol. The monoisotopic (exact) mass is 520 g/mol. The number of imidazole rings is 1. The van der Waals surface area contributed by atoms with Gasteiger partial charge in [0.05, 0.1) is 18.4 Å². The van der Waals surface area contributed by atoms with Gasteiger partial charge in [0, 0.05) is 37.1 Å². The third-order valence-corrected chi connectivity index (χ3v) is 7.03. The second-order valence-corrected chi connectivity index (χ2v) is 10.4. The zero-order valence-electron chi connectivity index (χ0n) is 21.3. The van der Waals surface area contributed by atoms with E-state index in [1.807, 2.05) is 36.4 Å². The van der Waals surface area contributed by atoms with E-state index >= 15 is 0 Å². The van der Waals surface area contributed by atoms with Crippen molar-refractivity contribution in [2.75, 3.05) is 11.4 Å². The van der Waals surface area contributed by atoms with Crippen molar-refractivity contribution < 1.29 is 17.9 Å². The first kappa shape index (κ1) is 24.4. The number of benzene rings is 1. The van der Waals surface area contributed by atoms with Gasteiger partial charge in [0.1, 0.15) is 11.4 Å². The Bertz CT molecular complexity index is 1490. The molecule has 4 aromatic rings. The Balaban J connectivity index is 1.30. The summed E-state index contributed by atoms with van der Waals surface area (Å²) in [6, 6.07) is 11.3. The molecule has 1 spiro atoms. The van der Waals surface area contributed by atoms with Crippen LogP contribution in [0.1, 0.15) is 49.6 Å². The molecule has 0 bridgehead atoms. The fourth-order valence-corrected chi connectivity index (χ4v) is 4.93. The summed E-state index contributed by atoms with van der Waals surface area (Å²) >= 11 is 0. The molecule has 196 valence electrons. The molecule has 1 aromatic carbocycles. The first-order valence-corrected chi connectivity index (χ1v) is 12.6. The van der Waals surface area contributed by atoms with Gasteiger partial charge < -0.3 is 14.2 Å². The number of halogens is 3. The van der Waals surface area contributed by atoms with Gasteiger partial charge >= 0.3 is 6.18 Å². The van der Waals surface area contributed by atoms with E-state index in [1.165, 1.54) is 4.57 Å². The highest BCUT2D eigenvalue weighted by molar-refractivity contribution is 5.65. The van der Waals surface area contributed by atoms with E-state index < -0.39 is 11.9 Å². The predicted molar refractivity (Wildman–Crippen MR) is 137 cm³/mol. The number of hydrogen-bond donors (Lipinski definition) is 0. The van der Waals surface area contributed by atoms with Crippen LogP contribution in [0.3, 0.4) is 0 Å². The van der Waals surface area contributed by atoms with Crippen molar-refractivity contribution in [3.8, 4) is 28.5 Å². The Kier molecular flexibility index (Phi) is 5.66. The summed E-state index contributed by atoms with van der Waals surface area (Å²) in [6.07, 6.45) is 2.01. The maximum absolute atomic E-state index is 13.1. The SMILES string of the molecule is CC(C)c1ncccc1-c1ncc2c(n1)N(Cc1ccc(-c3nc(C(F)(F)F)cn3C)cc1)CC1(CC1)O2. The smallest absolute Gasteiger partial charge is 0.434 e. The number of nitrogens with zero attached hydrogens (tertiary/aromatic N) is 6. The number of fused-ring (bicyclic) bond motifs is 1. The van der Waals surface area contributed by atoms with Crippen LogP contribution < -0.4 is 9.64 Å². The van der Waals surface area contributed by atoms with Gasteiger partial charge in [-0.3, -0.25) is 4.98 Å². The van der Waals surface area contributed by atoms with Crippen molar-refractivity contribution in [2.45, 2.75) is 50.9 Å². The van der Waals surface area contributed by atoms with Crippen molar-refractivity contribution in [1.29, 1.82) is 0 Å². The van der Waals surface area contributed by atoms with Gasteiger partial charge in [-0.05, 0) is 36.5 Å². The van der Waals surface area contributed by atoms with Crippen LogP contribution >= 0.6 is 0 Å². The van der Waals surface area contributed by atoms with Crippen molar-refractivity contribution in [2.24, 2.45) is 7.05 Å². The number of anilines is 1. The summed E-state index contributed by atoms with van der Waals surface area (Å²) in [7, 11) is 1.56. The number of aromatic nitrogens is 5. The molecule has 10 heteroatoms. The van der Waals surface area contributed by atoms with Crippen LogP contribution in [0.4, 0.5) is 19.0 Å². The lowest BCUT2D eigenvalue weighted by molar-refractivity contribution is -0.140. The van der Waals surface area contributed by atoms with Gasteiger partial charge in [-0.2, -0.15) is 13.2 Å². The van der Waals surface area contributed by atoms with Gasteiger partial charge in [-0.1, -0.05) is 38.1 Å². The van der Waals surface area contributed by atoms with Crippen LogP contribution in [0, 0.1) is 0 Å². The number of alkyl halides is 3. The highest BCUT2D eigenvalue weighted by atomic mass is 19.4. The van der Waals surface area contributed by atoms with Gasteiger partial charge in [0.2, 0.25) is 0 Å². The third kappa shape index (κ3) is 4.48. The molecule has 1 aliphatic carbocycles. The summed E-state index contributed by atoms with van der Waals surface area (Å²) < 4.78 is 47.0. The molecule has 1 saturated carbocycles. The fraction of sp³-hybridized carbons (Fsp3) is 0.357. The molecule has 2 aliphatic rings. The zero-order chi connectivity index (χ0) is 26.7. The quantitative estimate of drug-likeness (QED) is 0.321. The zero-order valence-corrected chi connectivity index (χ0v) is 21.3. The highest BCUT2D eigenvalue weighted by Crippen LogP contribution is 2.48. The van der Waals surface area contributed by atoms with Gasteiger partial charge in [0.15, 0.2) is 23.1 Å². The van der Waals surface area contributed by atoms with Crippen molar-refractivity contribution in [3.05, 3.63) is 71.9 Å². The van der Waals surface area contributed by atoms with Gasteiger partial charge in [-0.25, -0.2) is 15.0 Å².